The van der Waals surface area contributed by atoms with E-state index in [-0.39, 0.29) is 35.5 Å². The maximum absolute atomic E-state index is 15.6. The van der Waals surface area contributed by atoms with Gasteiger partial charge in [0.1, 0.15) is 47.9 Å². The van der Waals surface area contributed by atoms with Crippen LogP contribution in [0.5, 0.6) is 0 Å². The third kappa shape index (κ3) is 8.27. The van der Waals surface area contributed by atoms with Gasteiger partial charge in [0.15, 0.2) is 23.6 Å². The number of fused-ring (bicyclic) bond motifs is 5. The second-order valence-electron chi connectivity index (χ2n) is 18.1. The molecule has 18 heteroatoms. The molecular weight excluding hydrogens is 826 g/mol. The number of aliphatic hydroxyl groups is 3. The van der Waals surface area contributed by atoms with E-state index in [0.717, 1.165) is 6.92 Å². The first kappa shape index (κ1) is 47.3. The Bertz CT molecular complexity index is 2110. The summed E-state index contributed by atoms with van der Waals surface area (Å²) >= 11 is 0. The number of alkyl carbamates (subject to hydrolysis) is 1. The monoisotopic (exact) mass is 883 g/mol. The lowest BCUT2D eigenvalue weighted by Crippen LogP contribution is -2.82. The Morgan fingerprint density at radius 2 is 1.70 bits per heavy atom. The van der Waals surface area contributed by atoms with E-state index in [1.807, 2.05) is 0 Å². The lowest BCUT2D eigenvalue weighted by atomic mass is 9.44. The van der Waals surface area contributed by atoms with E-state index in [4.69, 9.17) is 37.6 Å². The minimum Gasteiger partial charge on any atom is -0.467 e. The normalized spacial score (nSPS) is 31.9. The minimum atomic E-state index is -2.45. The first-order valence-corrected chi connectivity index (χ1v) is 20.8. The first-order valence-electron chi connectivity index (χ1n) is 20.8. The Kier molecular flexibility index (Phi) is 13.1. The molecule has 3 aliphatic carbocycles. The van der Waals surface area contributed by atoms with Crippen molar-refractivity contribution < 1.29 is 81.7 Å². The van der Waals surface area contributed by atoms with Gasteiger partial charge in [-0.2, -0.15) is 0 Å². The van der Waals surface area contributed by atoms with Crippen LogP contribution in [0.3, 0.4) is 0 Å². The Morgan fingerprint density at radius 3 is 2.27 bits per heavy atom. The summed E-state index contributed by atoms with van der Waals surface area (Å²) in [5.41, 5.74) is -8.91. The van der Waals surface area contributed by atoms with Crippen molar-refractivity contribution in [2.75, 3.05) is 20.3 Å². The largest absolute Gasteiger partial charge is 0.467 e. The number of nitrogens with one attached hydrogen (secondary N) is 1. The molecule has 344 valence electrons. The minimum absolute atomic E-state index is 0.0406. The third-order valence-corrected chi connectivity index (χ3v) is 13.6. The molecule has 6 rings (SSSR count). The van der Waals surface area contributed by atoms with Gasteiger partial charge < -0.3 is 58.2 Å². The van der Waals surface area contributed by atoms with Crippen LogP contribution in [0.25, 0.3) is 0 Å². The number of hydrogen-bond donors (Lipinski definition) is 4. The van der Waals surface area contributed by atoms with Gasteiger partial charge in [0.2, 0.25) is 0 Å². The fourth-order valence-corrected chi connectivity index (χ4v) is 9.73. The predicted octanol–water partition coefficient (Wildman–Crippen LogP) is 3.44. The van der Waals surface area contributed by atoms with Crippen molar-refractivity contribution >= 4 is 35.8 Å². The van der Waals surface area contributed by atoms with Crippen LogP contribution in [-0.4, -0.2) is 125 Å². The SMILES string of the molecule is CCC(C)(C)OC(=O)N[C@@H](c1ccco1)[C@@H](O)C(=O)O[C@H]1C[C@@]2(O)[C@@H](OC(=O)c3ccccc3)[C@@H]3[C@]4(OC(C)=O)CO[C@@H]4C[C@H](O)[C@@]3(C)C(=O)[C@H](OC(=O)COC)C(=C1C)C2(C)C. The van der Waals surface area contributed by atoms with Gasteiger partial charge in [-0.1, -0.05) is 39.0 Å². The highest BCUT2D eigenvalue weighted by molar-refractivity contribution is 5.96. The highest BCUT2D eigenvalue weighted by atomic mass is 16.6. The molecule has 4 N–H and O–H groups in total. The topological polar surface area (TPSA) is 253 Å². The number of carbonyl (C=O) groups excluding carboxylic acids is 6. The lowest BCUT2D eigenvalue weighted by Gasteiger charge is -2.67. The summed E-state index contributed by atoms with van der Waals surface area (Å²) < 4.78 is 46.3. The number of carbonyl (C=O) groups is 6. The van der Waals surface area contributed by atoms with E-state index < -0.39 is 125 Å². The van der Waals surface area contributed by atoms with E-state index >= 15 is 4.79 Å². The molecular formula is C45H57NO17. The molecule has 63 heavy (non-hydrogen) atoms. The van der Waals surface area contributed by atoms with E-state index in [2.05, 4.69) is 5.32 Å². The molecule has 1 aromatic heterocycles. The van der Waals surface area contributed by atoms with Crippen molar-refractivity contribution in [3.63, 3.8) is 0 Å². The summed E-state index contributed by atoms with van der Waals surface area (Å²) in [4.78, 5) is 83.6. The van der Waals surface area contributed by atoms with Crippen LogP contribution >= 0.6 is 0 Å². The van der Waals surface area contributed by atoms with Gasteiger partial charge in [-0.15, -0.1) is 0 Å². The molecule has 2 bridgehead atoms. The average Bonchev–Trinajstić information content (AvgIpc) is 3.76. The highest BCUT2D eigenvalue weighted by Crippen LogP contribution is 2.64. The molecule has 11 atom stereocenters. The maximum Gasteiger partial charge on any atom is 0.408 e. The van der Waals surface area contributed by atoms with Crippen molar-refractivity contribution in [2.45, 2.75) is 134 Å². The summed E-state index contributed by atoms with van der Waals surface area (Å²) in [5.74, 6) is -6.64. The van der Waals surface area contributed by atoms with Crippen LogP contribution in [0, 0.1) is 16.7 Å². The standard InChI is InChI=1S/C45H57NO17/c1-10-41(4,5)63-40(54)46-32(26-17-14-18-57-26)33(50)39(53)59-27-20-45(55)37(61-38(52)25-15-12-11-13-16-25)35-43(8,28(48)19-29-44(35,22-58-29)62-24(3)47)36(51)34(60-30(49)21-56-9)31(23(27)2)42(45,6)7/h11-18,27-29,32-35,37,48,50,55H,10,19-22H2,1-9H3,(H,46,54)/t27-,28-,29+,32-,33+,34+,35-,37-,43+,44-,45+/m0/s1. The molecule has 1 saturated heterocycles. The summed E-state index contributed by atoms with van der Waals surface area (Å²) in [6.45, 7) is 11.2. The number of hydrogen-bond acceptors (Lipinski definition) is 17. The van der Waals surface area contributed by atoms with Crippen molar-refractivity contribution in [1.82, 2.24) is 5.32 Å². The highest BCUT2D eigenvalue weighted by Gasteiger charge is 2.78. The molecule has 2 aromatic rings. The van der Waals surface area contributed by atoms with Crippen LogP contribution in [0.4, 0.5) is 4.79 Å². The van der Waals surface area contributed by atoms with Gasteiger partial charge in [-0.05, 0) is 69.5 Å². The molecule has 18 nitrogen and oxygen atoms in total. The molecule has 1 aliphatic heterocycles. The molecule has 3 fully saturated rings. The number of esters is 4. The Balaban J connectivity index is 1.54. The zero-order valence-electron chi connectivity index (χ0n) is 36.8. The van der Waals surface area contributed by atoms with Gasteiger partial charge in [0, 0.05) is 32.3 Å². The maximum atomic E-state index is 15.6. The molecule has 2 saturated carbocycles. The zero-order valence-corrected chi connectivity index (χ0v) is 36.8. The van der Waals surface area contributed by atoms with Gasteiger partial charge in [0.05, 0.1) is 35.9 Å². The van der Waals surface area contributed by atoms with Gasteiger partial charge in [-0.25, -0.2) is 19.2 Å². The number of aliphatic hydroxyl groups excluding tert-OH is 2. The van der Waals surface area contributed by atoms with Crippen LogP contribution in [0.1, 0.15) is 96.8 Å². The molecule has 1 amide bonds. The second kappa shape index (κ2) is 17.4. The molecule has 2 heterocycles. The van der Waals surface area contributed by atoms with Gasteiger partial charge in [-0.3, -0.25) is 9.59 Å². The summed E-state index contributed by atoms with van der Waals surface area (Å²) in [6.07, 6.45) is -10.3. The number of amides is 1. The average molecular weight is 884 g/mol. The Morgan fingerprint density at radius 1 is 1.02 bits per heavy atom. The van der Waals surface area contributed by atoms with Gasteiger partial charge >= 0.3 is 30.0 Å². The van der Waals surface area contributed by atoms with E-state index in [0.29, 0.717) is 6.42 Å². The lowest BCUT2D eigenvalue weighted by molar-refractivity contribution is -0.346. The predicted molar refractivity (Wildman–Crippen MR) is 216 cm³/mol. The van der Waals surface area contributed by atoms with Crippen molar-refractivity contribution in [3.05, 3.63) is 71.2 Å². The molecule has 4 aliphatic rings. The number of methoxy groups -OCH3 is 1. The Labute approximate surface area is 364 Å². The summed E-state index contributed by atoms with van der Waals surface area (Å²) in [7, 11) is 1.23. The molecule has 0 unspecified atom stereocenters. The van der Waals surface area contributed by atoms with Crippen molar-refractivity contribution in [3.8, 4) is 0 Å². The number of benzene rings is 1. The fraction of sp³-hybridized carbons (Fsp3) is 0.600. The number of Topliss-reactive ketones (excluding diaryl/α,β-unsaturated/α-hetero) is 1. The van der Waals surface area contributed by atoms with E-state index in [1.165, 1.54) is 65.3 Å². The van der Waals surface area contributed by atoms with Crippen molar-refractivity contribution in [2.24, 2.45) is 16.7 Å². The quantitative estimate of drug-likeness (QED) is 0.128. The van der Waals surface area contributed by atoms with Crippen LogP contribution in [0.2, 0.25) is 0 Å². The molecule has 1 aromatic carbocycles. The molecule has 0 radical (unpaired) electrons. The number of furan rings is 1. The van der Waals surface area contributed by atoms with Crippen LogP contribution in [0.15, 0.2) is 64.3 Å². The fourth-order valence-electron chi connectivity index (χ4n) is 9.73. The number of ketones is 1. The third-order valence-electron chi connectivity index (χ3n) is 13.6. The van der Waals surface area contributed by atoms with Gasteiger partial charge in [0.25, 0.3) is 0 Å². The van der Waals surface area contributed by atoms with Crippen molar-refractivity contribution in [1.29, 1.82) is 0 Å². The van der Waals surface area contributed by atoms with Crippen LogP contribution < -0.4 is 5.32 Å². The number of rotatable bonds is 13. The smallest absolute Gasteiger partial charge is 0.408 e. The molecule has 0 spiro atoms. The number of ether oxygens (including phenoxy) is 7. The van der Waals surface area contributed by atoms with E-state index in [9.17, 15) is 39.3 Å². The van der Waals surface area contributed by atoms with E-state index in [1.54, 1.807) is 39.0 Å². The first-order chi connectivity index (χ1) is 29.5. The summed E-state index contributed by atoms with van der Waals surface area (Å²) in [6, 6.07) is 9.10. The Hall–Kier alpha value is -5.14. The summed E-state index contributed by atoms with van der Waals surface area (Å²) in [5, 5.41) is 39.9. The zero-order chi connectivity index (χ0) is 46.4. The second-order valence-corrected chi connectivity index (χ2v) is 18.1. The van der Waals surface area contributed by atoms with Crippen LogP contribution in [-0.2, 0) is 52.3 Å².